The highest BCUT2D eigenvalue weighted by Crippen LogP contribution is 2.25. The van der Waals surface area contributed by atoms with E-state index in [9.17, 15) is 9.59 Å². The van der Waals surface area contributed by atoms with Gasteiger partial charge in [0, 0.05) is 24.5 Å². The van der Waals surface area contributed by atoms with Crippen molar-refractivity contribution in [3.8, 4) is 5.75 Å². The summed E-state index contributed by atoms with van der Waals surface area (Å²) in [6.45, 7) is 4.04. The molecular weight excluding hydrogens is 304 g/mol. The molecule has 1 unspecified atom stereocenters. The molecule has 1 aliphatic heterocycles. The lowest BCUT2D eigenvalue weighted by Gasteiger charge is -2.23. The first kappa shape index (κ1) is 16.6. The molecule has 0 saturated carbocycles. The van der Waals surface area contributed by atoms with E-state index in [1.54, 1.807) is 25.9 Å². The van der Waals surface area contributed by atoms with Gasteiger partial charge in [-0.25, -0.2) is 0 Å². The van der Waals surface area contributed by atoms with Crippen LogP contribution in [0.3, 0.4) is 0 Å². The summed E-state index contributed by atoms with van der Waals surface area (Å²) in [5.74, 6) is 0.849. The number of carbonyl (C=O) groups excluding carboxylic acids is 2. The monoisotopic (exact) mass is 324 g/mol. The van der Waals surface area contributed by atoms with Crippen LogP contribution < -0.4 is 15.0 Å². The van der Waals surface area contributed by atoms with Gasteiger partial charge in [0.15, 0.2) is 0 Å². The molecule has 1 atom stereocenters. The molecule has 0 aromatic heterocycles. The highest BCUT2D eigenvalue weighted by atomic mass is 35.5. The lowest BCUT2D eigenvalue weighted by atomic mass is 9.95. The van der Waals surface area contributed by atoms with Gasteiger partial charge in [-0.2, -0.15) is 0 Å². The van der Waals surface area contributed by atoms with E-state index in [1.165, 1.54) is 0 Å². The van der Waals surface area contributed by atoms with Gasteiger partial charge in [0.25, 0.3) is 0 Å². The molecule has 1 aromatic rings. The predicted octanol–water partition coefficient (Wildman–Crippen LogP) is 2.18. The van der Waals surface area contributed by atoms with Crippen molar-refractivity contribution in [1.29, 1.82) is 0 Å². The second-order valence-electron chi connectivity index (χ2n) is 6.09. The Morgan fingerprint density at radius 3 is 2.59 bits per heavy atom. The van der Waals surface area contributed by atoms with Crippen LogP contribution in [-0.4, -0.2) is 37.4 Å². The fourth-order valence-electron chi connectivity index (χ4n) is 2.26. The Bertz CT molecular complexity index is 557. The number of benzene rings is 1. The Labute approximate surface area is 135 Å². The second kappa shape index (κ2) is 6.57. The topological polar surface area (TPSA) is 58.6 Å². The molecule has 22 heavy (non-hydrogen) atoms. The molecule has 5 nitrogen and oxygen atoms in total. The molecule has 2 rings (SSSR count). The molecule has 0 bridgehead atoms. The van der Waals surface area contributed by atoms with E-state index in [2.05, 4.69) is 5.32 Å². The summed E-state index contributed by atoms with van der Waals surface area (Å²) in [6, 6.07) is 7.10. The van der Waals surface area contributed by atoms with Crippen LogP contribution in [0.15, 0.2) is 24.3 Å². The summed E-state index contributed by atoms with van der Waals surface area (Å²) >= 11 is 5.81. The summed E-state index contributed by atoms with van der Waals surface area (Å²) < 4.78 is 5.11. The van der Waals surface area contributed by atoms with Gasteiger partial charge in [0.05, 0.1) is 18.6 Å². The second-order valence-corrected chi connectivity index (χ2v) is 6.36. The summed E-state index contributed by atoms with van der Waals surface area (Å²) in [4.78, 5) is 26.0. The molecule has 0 radical (unpaired) electrons. The maximum atomic E-state index is 12.2. The number of methoxy groups -OCH3 is 1. The molecule has 1 fully saturated rings. The molecular formula is C16H21ClN2O3. The first-order chi connectivity index (χ1) is 10.4. The number of amides is 2. The van der Waals surface area contributed by atoms with Crippen molar-refractivity contribution in [2.75, 3.05) is 24.4 Å². The first-order valence-corrected chi connectivity index (χ1v) is 7.72. The van der Waals surface area contributed by atoms with Gasteiger partial charge in [-0.15, -0.1) is 11.6 Å². The van der Waals surface area contributed by atoms with Crippen molar-refractivity contribution in [2.24, 2.45) is 5.41 Å². The number of rotatable bonds is 5. The van der Waals surface area contributed by atoms with Gasteiger partial charge in [-0.05, 0) is 38.1 Å². The third-order valence-electron chi connectivity index (χ3n) is 3.79. The van der Waals surface area contributed by atoms with Crippen molar-refractivity contribution in [3.63, 3.8) is 0 Å². The van der Waals surface area contributed by atoms with Crippen molar-refractivity contribution >= 4 is 29.1 Å². The standard InChI is InChI=1S/C16H21ClN2O3/c1-16(2,10-17)15(21)18-11-8-14(20)19(9-11)12-4-6-13(22-3)7-5-12/h4-7,11H,8-10H2,1-3H3,(H,18,21). The van der Waals surface area contributed by atoms with Crippen molar-refractivity contribution in [2.45, 2.75) is 26.3 Å². The molecule has 1 heterocycles. The SMILES string of the molecule is COc1ccc(N2CC(NC(=O)C(C)(C)CCl)CC2=O)cc1. The van der Waals surface area contributed by atoms with E-state index >= 15 is 0 Å². The van der Waals surface area contributed by atoms with Crippen LogP contribution in [0, 0.1) is 5.41 Å². The highest BCUT2D eigenvalue weighted by molar-refractivity contribution is 6.19. The fraction of sp³-hybridized carbons (Fsp3) is 0.500. The van der Waals surface area contributed by atoms with Crippen molar-refractivity contribution in [1.82, 2.24) is 5.32 Å². The minimum Gasteiger partial charge on any atom is -0.497 e. The zero-order valence-electron chi connectivity index (χ0n) is 13.1. The molecule has 0 spiro atoms. The number of nitrogens with one attached hydrogen (secondary N) is 1. The summed E-state index contributed by atoms with van der Waals surface area (Å²) in [5.41, 5.74) is 0.164. The minimum atomic E-state index is -0.641. The Balaban J connectivity index is 2.02. The van der Waals surface area contributed by atoms with Crippen molar-refractivity contribution in [3.05, 3.63) is 24.3 Å². The third-order valence-corrected chi connectivity index (χ3v) is 4.46. The predicted molar refractivity (Wildman–Crippen MR) is 86.4 cm³/mol. The number of hydrogen-bond donors (Lipinski definition) is 1. The van der Waals surface area contributed by atoms with Gasteiger partial charge in [-0.3, -0.25) is 9.59 Å². The number of nitrogens with zero attached hydrogens (tertiary/aromatic N) is 1. The van der Waals surface area contributed by atoms with Gasteiger partial charge in [0.1, 0.15) is 5.75 Å². The van der Waals surface area contributed by atoms with Crippen LogP contribution in [0.1, 0.15) is 20.3 Å². The summed E-state index contributed by atoms with van der Waals surface area (Å²) in [5, 5.41) is 2.91. The number of halogens is 1. The molecule has 2 amide bonds. The van der Waals surface area contributed by atoms with Crippen LogP contribution in [-0.2, 0) is 9.59 Å². The quantitative estimate of drug-likeness (QED) is 0.845. The lowest BCUT2D eigenvalue weighted by molar-refractivity contribution is -0.128. The van der Waals surface area contributed by atoms with Gasteiger partial charge in [-0.1, -0.05) is 0 Å². The van der Waals surface area contributed by atoms with Crippen LogP contribution in [0.25, 0.3) is 0 Å². The Kier molecular flexibility index (Phi) is 4.96. The van der Waals surface area contributed by atoms with Gasteiger partial charge >= 0.3 is 0 Å². The first-order valence-electron chi connectivity index (χ1n) is 7.18. The smallest absolute Gasteiger partial charge is 0.229 e. The maximum Gasteiger partial charge on any atom is 0.229 e. The van der Waals surface area contributed by atoms with Gasteiger partial charge < -0.3 is 15.0 Å². The Morgan fingerprint density at radius 1 is 1.41 bits per heavy atom. The minimum absolute atomic E-state index is 0.000790. The third kappa shape index (κ3) is 3.53. The Hall–Kier alpha value is -1.75. The lowest BCUT2D eigenvalue weighted by Crippen LogP contribution is -2.44. The molecule has 1 saturated heterocycles. The molecule has 1 aromatic carbocycles. The van der Waals surface area contributed by atoms with E-state index < -0.39 is 5.41 Å². The van der Waals surface area contributed by atoms with Crippen LogP contribution in [0.4, 0.5) is 5.69 Å². The Morgan fingerprint density at radius 2 is 2.05 bits per heavy atom. The van der Waals surface area contributed by atoms with E-state index in [-0.39, 0.29) is 23.7 Å². The normalized spacial score (nSPS) is 18.5. The fourth-order valence-corrected chi connectivity index (χ4v) is 2.38. The van der Waals surface area contributed by atoms with E-state index in [1.807, 2.05) is 24.3 Å². The number of anilines is 1. The van der Waals surface area contributed by atoms with E-state index in [0.29, 0.717) is 13.0 Å². The zero-order chi connectivity index (χ0) is 16.3. The number of carbonyl (C=O) groups is 2. The average molecular weight is 325 g/mol. The zero-order valence-corrected chi connectivity index (χ0v) is 13.8. The van der Waals surface area contributed by atoms with Crippen LogP contribution >= 0.6 is 11.6 Å². The summed E-state index contributed by atoms with van der Waals surface area (Å²) in [6.07, 6.45) is 0.302. The number of alkyl halides is 1. The van der Waals surface area contributed by atoms with Crippen LogP contribution in [0.5, 0.6) is 5.75 Å². The van der Waals surface area contributed by atoms with E-state index in [0.717, 1.165) is 11.4 Å². The van der Waals surface area contributed by atoms with Crippen LogP contribution in [0.2, 0.25) is 0 Å². The van der Waals surface area contributed by atoms with E-state index in [4.69, 9.17) is 16.3 Å². The average Bonchev–Trinajstić information content (AvgIpc) is 2.87. The molecule has 6 heteroatoms. The molecule has 1 N–H and O–H groups in total. The van der Waals surface area contributed by atoms with Crippen molar-refractivity contribution < 1.29 is 14.3 Å². The maximum absolute atomic E-state index is 12.2. The molecule has 1 aliphatic rings. The summed E-state index contributed by atoms with van der Waals surface area (Å²) in [7, 11) is 1.60. The largest absolute Gasteiger partial charge is 0.497 e. The molecule has 120 valence electrons. The molecule has 0 aliphatic carbocycles. The highest BCUT2D eigenvalue weighted by Gasteiger charge is 2.35. The number of hydrogen-bond acceptors (Lipinski definition) is 3. The van der Waals surface area contributed by atoms with Gasteiger partial charge in [0.2, 0.25) is 11.8 Å². The number of ether oxygens (including phenoxy) is 1.